The molecule has 1 heterocycles. The number of nitrogens with one attached hydrogen (secondary N) is 1. The number of hydrogen-bond donors (Lipinski definition) is 1. The first-order chi connectivity index (χ1) is 9.15. The van der Waals surface area contributed by atoms with E-state index < -0.39 is 0 Å². The quantitative estimate of drug-likeness (QED) is 0.910. The van der Waals surface area contributed by atoms with Crippen LogP contribution in [0.25, 0.3) is 11.4 Å². The molecule has 0 saturated heterocycles. The van der Waals surface area contributed by atoms with E-state index >= 15 is 0 Å². The highest BCUT2D eigenvalue weighted by Crippen LogP contribution is 2.23. The second-order valence-electron chi connectivity index (χ2n) is 4.56. The van der Waals surface area contributed by atoms with Gasteiger partial charge in [-0.25, -0.2) is 0 Å². The Kier molecular flexibility index (Phi) is 4.56. The lowest BCUT2D eigenvalue weighted by molar-refractivity contribution is 0.326. The molecule has 2 unspecified atom stereocenters. The lowest BCUT2D eigenvalue weighted by Crippen LogP contribution is -2.30. The van der Waals surface area contributed by atoms with Gasteiger partial charge in [-0.3, -0.25) is 0 Å². The molecule has 0 radical (unpaired) electrons. The summed E-state index contributed by atoms with van der Waals surface area (Å²) in [5.74, 6) is 1.44. The van der Waals surface area contributed by atoms with Crippen LogP contribution in [0, 0.1) is 0 Å². The fourth-order valence-electron chi connectivity index (χ4n) is 2.12. The third-order valence-corrected chi connectivity index (χ3v) is 3.60. The summed E-state index contributed by atoms with van der Waals surface area (Å²) < 4.78 is 5.36. The molecule has 19 heavy (non-hydrogen) atoms. The van der Waals surface area contributed by atoms with Gasteiger partial charge in [0.2, 0.25) is 11.7 Å². The predicted molar refractivity (Wildman–Crippen MR) is 76.3 cm³/mol. The Balaban J connectivity index is 2.21. The Morgan fingerprint density at radius 1 is 1.32 bits per heavy atom. The lowest BCUT2D eigenvalue weighted by atomic mass is 10.00. The topological polar surface area (TPSA) is 51.0 Å². The molecule has 4 nitrogen and oxygen atoms in total. The lowest BCUT2D eigenvalue weighted by Gasteiger charge is -2.18. The molecule has 0 amide bonds. The number of likely N-dealkylation sites (N-methyl/N-ethyl adjacent to an activating group) is 1. The Labute approximate surface area is 118 Å². The average Bonchev–Trinajstić information content (AvgIpc) is 2.90. The number of aromatic nitrogens is 2. The Bertz CT molecular complexity index is 520. The maximum Gasteiger partial charge on any atom is 0.231 e. The molecule has 0 fully saturated rings. The molecule has 1 N–H and O–H groups in total. The van der Waals surface area contributed by atoms with E-state index in [1.54, 1.807) is 0 Å². The van der Waals surface area contributed by atoms with Crippen molar-refractivity contribution < 1.29 is 4.52 Å². The van der Waals surface area contributed by atoms with Crippen molar-refractivity contribution in [3.05, 3.63) is 35.2 Å². The van der Waals surface area contributed by atoms with E-state index in [0.717, 1.165) is 12.0 Å². The van der Waals surface area contributed by atoms with Crippen molar-refractivity contribution in [1.82, 2.24) is 15.5 Å². The van der Waals surface area contributed by atoms with Crippen molar-refractivity contribution in [3.63, 3.8) is 0 Å². The van der Waals surface area contributed by atoms with Crippen LogP contribution in [-0.2, 0) is 0 Å². The average molecular weight is 280 g/mol. The summed E-state index contributed by atoms with van der Waals surface area (Å²) >= 11 is 5.86. The summed E-state index contributed by atoms with van der Waals surface area (Å²) in [6.45, 7) is 4.22. The molecule has 2 atom stereocenters. The minimum Gasteiger partial charge on any atom is -0.339 e. The van der Waals surface area contributed by atoms with Gasteiger partial charge in [-0.15, -0.1) is 0 Å². The summed E-state index contributed by atoms with van der Waals surface area (Å²) in [4.78, 5) is 4.47. The summed E-state index contributed by atoms with van der Waals surface area (Å²) in [5, 5.41) is 7.99. The second-order valence-corrected chi connectivity index (χ2v) is 4.99. The van der Waals surface area contributed by atoms with Crippen LogP contribution in [0.5, 0.6) is 0 Å². The van der Waals surface area contributed by atoms with E-state index in [-0.39, 0.29) is 5.92 Å². The van der Waals surface area contributed by atoms with Crippen molar-refractivity contribution >= 4 is 11.6 Å². The molecule has 0 aliphatic rings. The van der Waals surface area contributed by atoms with Crippen molar-refractivity contribution in [2.45, 2.75) is 32.2 Å². The SMILES string of the molecule is CCC(NC)C(C)c1nc(-c2ccc(Cl)cc2)no1. The molecule has 1 aromatic heterocycles. The molecule has 2 aromatic rings. The van der Waals surface area contributed by atoms with E-state index in [0.29, 0.717) is 22.8 Å². The third kappa shape index (κ3) is 3.14. The zero-order valence-electron chi connectivity index (χ0n) is 11.4. The van der Waals surface area contributed by atoms with Crippen LogP contribution in [-0.4, -0.2) is 23.2 Å². The standard InChI is InChI=1S/C14H18ClN3O/c1-4-12(16-3)9(2)14-17-13(18-19-14)10-5-7-11(15)8-6-10/h5-9,12,16H,4H2,1-3H3. The van der Waals surface area contributed by atoms with Crippen LogP contribution in [0.2, 0.25) is 5.02 Å². The van der Waals surface area contributed by atoms with Crippen molar-refractivity contribution in [1.29, 1.82) is 0 Å². The summed E-state index contributed by atoms with van der Waals surface area (Å²) in [6, 6.07) is 7.74. The molecule has 0 bridgehead atoms. The monoisotopic (exact) mass is 279 g/mol. The molecule has 0 spiro atoms. The fraction of sp³-hybridized carbons (Fsp3) is 0.429. The zero-order chi connectivity index (χ0) is 13.8. The normalized spacial score (nSPS) is 14.3. The Morgan fingerprint density at radius 3 is 2.58 bits per heavy atom. The van der Waals surface area contributed by atoms with Gasteiger partial charge in [0.1, 0.15) is 0 Å². The van der Waals surface area contributed by atoms with Crippen LogP contribution < -0.4 is 5.32 Å². The van der Waals surface area contributed by atoms with Crippen LogP contribution in [0.3, 0.4) is 0 Å². The summed E-state index contributed by atoms with van der Waals surface area (Å²) in [7, 11) is 1.95. The van der Waals surface area contributed by atoms with Gasteiger partial charge >= 0.3 is 0 Å². The number of benzene rings is 1. The first-order valence-electron chi connectivity index (χ1n) is 6.42. The van der Waals surface area contributed by atoms with E-state index in [1.807, 2.05) is 31.3 Å². The van der Waals surface area contributed by atoms with Gasteiger partial charge < -0.3 is 9.84 Å². The van der Waals surface area contributed by atoms with Gasteiger partial charge in [0, 0.05) is 16.6 Å². The van der Waals surface area contributed by atoms with Crippen molar-refractivity contribution in [2.75, 3.05) is 7.05 Å². The van der Waals surface area contributed by atoms with Gasteiger partial charge in [-0.05, 0) is 37.7 Å². The van der Waals surface area contributed by atoms with Crippen molar-refractivity contribution in [3.8, 4) is 11.4 Å². The molecular weight excluding hydrogens is 262 g/mol. The zero-order valence-corrected chi connectivity index (χ0v) is 12.1. The largest absolute Gasteiger partial charge is 0.339 e. The smallest absolute Gasteiger partial charge is 0.231 e. The van der Waals surface area contributed by atoms with Crippen LogP contribution >= 0.6 is 11.6 Å². The number of rotatable bonds is 5. The molecule has 102 valence electrons. The first kappa shape index (κ1) is 14.0. The van der Waals surface area contributed by atoms with Crippen LogP contribution in [0.15, 0.2) is 28.8 Å². The van der Waals surface area contributed by atoms with E-state index in [1.165, 1.54) is 0 Å². The number of hydrogen-bond acceptors (Lipinski definition) is 4. The second kappa shape index (κ2) is 6.17. The molecule has 1 aromatic carbocycles. The molecule has 0 saturated carbocycles. The van der Waals surface area contributed by atoms with Gasteiger partial charge in [0.25, 0.3) is 0 Å². The number of halogens is 1. The maximum absolute atomic E-state index is 5.86. The Hall–Kier alpha value is -1.39. The fourth-order valence-corrected chi connectivity index (χ4v) is 2.24. The van der Waals surface area contributed by atoms with Crippen LogP contribution in [0.1, 0.15) is 32.1 Å². The van der Waals surface area contributed by atoms with E-state index in [2.05, 4.69) is 29.3 Å². The molecule has 2 rings (SSSR count). The van der Waals surface area contributed by atoms with Gasteiger partial charge in [0.15, 0.2) is 0 Å². The molecule has 0 aliphatic heterocycles. The van der Waals surface area contributed by atoms with E-state index in [4.69, 9.17) is 16.1 Å². The summed E-state index contributed by atoms with van der Waals surface area (Å²) in [5.41, 5.74) is 0.907. The highest BCUT2D eigenvalue weighted by atomic mass is 35.5. The van der Waals surface area contributed by atoms with Crippen molar-refractivity contribution in [2.24, 2.45) is 0 Å². The molecule has 5 heteroatoms. The number of nitrogens with zero attached hydrogens (tertiary/aromatic N) is 2. The minimum atomic E-state index is 0.184. The summed E-state index contributed by atoms with van der Waals surface area (Å²) in [6.07, 6.45) is 1.01. The van der Waals surface area contributed by atoms with Gasteiger partial charge in [-0.1, -0.05) is 30.6 Å². The predicted octanol–water partition coefficient (Wildman–Crippen LogP) is 3.49. The third-order valence-electron chi connectivity index (χ3n) is 3.35. The highest BCUT2D eigenvalue weighted by Gasteiger charge is 2.21. The minimum absolute atomic E-state index is 0.184. The maximum atomic E-state index is 5.86. The highest BCUT2D eigenvalue weighted by molar-refractivity contribution is 6.30. The van der Waals surface area contributed by atoms with Gasteiger partial charge in [0.05, 0.1) is 5.92 Å². The van der Waals surface area contributed by atoms with Gasteiger partial charge in [-0.2, -0.15) is 4.98 Å². The van der Waals surface area contributed by atoms with E-state index in [9.17, 15) is 0 Å². The molecular formula is C14H18ClN3O. The first-order valence-corrected chi connectivity index (χ1v) is 6.80. The molecule has 0 aliphatic carbocycles. The van der Waals surface area contributed by atoms with Crippen LogP contribution in [0.4, 0.5) is 0 Å². The Morgan fingerprint density at radius 2 is 2.00 bits per heavy atom.